The maximum absolute atomic E-state index is 11.5. The Hall–Kier alpha value is -1.88. The highest BCUT2D eigenvalue weighted by atomic mass is 16.5. The van der Waals surface area contributed by atoms with E-state index in [1.165, 1.54) is 7.11 Å². The Balaban J connectivity index is 2.55. The number of aliphatic hydroxyl groups excluding tert-OH is 1. The Morgan fingerprint density at radius 2 is 1.84 bits per heavy atom. The molecule has 0 aliphatic rings. The van der Waals surface area contributed by atoms with E-state index in [-0.39, 0.29) is 5.92 Å². The van der Waals surface area contributed by atoms with Crippen molar-refractivity contribution in [2.45, 2.75) is 26.5 Å². The standard InChI is InChI=1S/C14H19NO4/c1-9(2)12(16)13(17)15-8-10-4-6-11(7-5-10)14(18)19-3/h4-7,9,12,16H,8H2,1-3H3,(H,15,17)/t12-/m1/s1. The molecule has 0 saturated heterocycles. The van der Waals surface area contributed by atoms with Gasteiger partial charge in [-0.3, -0.25) is 4.79 Å². The first kappa shape index (κ1) is 15.2. The predicted molar refractivity (Wildman–Crippen MR) is 70.5 cm³/mol. The van der Waals surface area contributed by atoms with Gasteiger partial charge in [-0.1, -0.05) is 26.0 Å². The number of rotatable bonds is 5. The van der Waals surface area contributed by atoms with Crippen LogP contribution in [0.4, 0.5) is 0 Å². The molecule has 0 heterocycles. The molecular formula is C14H19NO4. The number of methoxy groups -OCH3 is 1. The van der Waals surface area contributed by atoms with Crippen molar-refractivity contribution in [3.63, 3.8) is 0 Å². The van der Waals surface area contributed by atoms with E-state index in [2.05, 4.69) is 10.1 Å². The maximum Gasteiger partial charge on any atom is 0.337 e. The zero-order valence-electron chi connectivity index (χ0n) is 11.3. The van der Waals surface area contributed by atoms with E-state index in [1.54, 1.807) is 38.1 Å². The van der Waals surface area contributed by atoms with Gasteiger partial charge in [0.05, 0.1) is 12.7 Å². The fourth-order valence-corrected chi connectivity index (χ4v) is 1.47. The number of ether oxygens (including phenoxy) is 1. The monoisotopic (exact) mass is 265 g/mol. The quantitative estimate of drug-likeness (QED) is 0.782. The van der Waals surface area contributed by atoms with Gasteiger partial charge in [0, 0.05) is 6.54 Å². The van der Waals surface area contributed by atoms with Crippen LogP contribution in [-0.2, 0) is 16.1 Å². The molecule has 0 fully saturated rings. The van der Waals surface area contributed by atoms with Crippen LogP contribution in [0.3, 0.4) is 0 Å². The molecule has 19 heavy (non-hydrogen) atoms. The number of benzene rings is 1. The van der Waals surface area contributed by atoms with Gasteiger partial charge < -0.3 is 15.2 Å². The highest BCUT2D eigenvalue weighted by Crippen LogP contribution is 2.06. The van der Waals surface area contributed by atoms with Crippen molar-refractivity contribution in [2.75, 3.05) is 7.11 Å². The fourth-order valence-electron chi connectivity index (χ4n) is 1.47. The molecule has 0 saturated carbocycles. The van der Waals surface area contributed by atoms with E-state index < -0.39 is 18.0 Å². The first-order chi connectivity index (χ1) is 8.95. The summed E-state index contributed by atoms with van der Waals surface area (Å²) in [5, 5.41) is 12.2. The number of carbonyl (C=O) groups excluding carboxylic acids is 2. The molecule has 1 aromatic carbocycles. The minimum Gasteiger partial charge on any atom is -0.465 e. The molecule has 1 amide bonds. The van der Waals surface area contributed by atoms with Crippen molar-refractivity contribution in [1.29, 1.82) is 0 Å². The van der Waals surface area contributed by atoms with Crippen LogP contribution in [0.15, 0.2) is 24.3 Å². The number of nitrogens with one attached hydrogen (secondary N) is 1. The molecule has 0 unspecified atom stereocenters. The Bertz CT molecular complexity index is 439. The number of carbonyl (C=O) groups is 2. The number of esters is 1. The van der Waals surface area contributed by atoms with Gasteiger partial charge in [-0.05, 0) is 23.6 Å². The van der Waals surface area contributed by atoms with E-state index in [0.717, 1.165) is 5.56 Å². The van der Waals surface area contributed by atoms with Crippen LogP contribution in [0, 0.1) is 5.92 Å². The van der Waals surface area contributed by atoms with E-state index >= 15 is 0 Å². The van der Waals surface area contributed by atoms with E-state index in [1.807, 2.05) is 0 Å². The lowest BCUT2D eigenvalue weighted by atomic mass is 10.1. The van der Waals surface area contributed by atoms with Crippen molar-refractivity contribution < 1.29 is 19.4 Å². The first-order valence-corrected chi connectivity index (χ1v) is 6.08. The van der Waals surface area contributed by atoms with Gasteiger partial charge in [-0.25, -0.2) is 4.79 Å². The van der Waals surface area contributed by atoms with Crippen LogP contribution < -0.4 is 5.32 Å². The zero-order valence-corrected chi connectivity index (χ0v) is 11.3. The molecule has 5 nitrogen and oxygen atoms in total. The van der Waals surface area contributed by atoms with Crippen molar-refractivity contribution >= 4 is 11.9 Å². The average Bonchev–Trinajstić information content (AvgIpc) is 2.43. The topological polar surface area (TPSA) is 75.6 Å². The van der Waals surface area contributed by atoms with Crippen LogP contribution in [0.2, 0.25) is 0 Å². The lowest BCUT2D eigenvalue weighted by Crippen LogP contribution is -2.37. The Morgan fingerprint density at radius 1 is 1.26 bits per heavy atom. The molecule has 0 aliphatic carbocycles. The Labute approximate surface area is 112 Å². The molecule has 0 radical (unpaired) electrons. The lowest BCUT2D eigenvalue weighted by molar-refractivity contribution is -0.131. The second-order valence-corrected chi connectivity index (χ2v) is 4.60. The van der Waals surface area contributed by atoms with Gasteiger partial charge in [0.1, 0.15) is 6.10 Å². The van der Waals surface area contributed by atoms with E-state index in [0.29, 0.717) is 12.1 Å². The van der Waals surface area contributed by atoms with Gasteiger partial charge >= 0.3 is 5.97 Å². The van der Waals surface area contributed by atoms with Gasteiger partial charge in [-0.2, -0.15) is 0 Å². The van der Waals surface area contributed by atoms with Gasteiger partial charge in [-0.15, -0.1) is 0 Å². The van der Waals surface area contributed by atoms with Crippen LogP contribution >= 0.6 is 0 Å². The van der Waals surface area contributed by atoms with Crippen molar-refractivity contribution in [3.8, 4) is 0 Å². The van der Waals surface area contributed by atoms with E-state index in [4.69, 9.17) is 0 Å². The molecule has 1 aromatic rings. The number of hydrogen-bond acceptors (Lipinski definition) is 4. The molecule has 1 atom stereocenters. The maximum atomic E-state index is 11.5. The third kappa shape index (κ3) is 4.37. The largest absolute Gasteiger partial charge is 0.465 e. The lowest BCUT2D eigenvalue weighted by Gasteiger charge is -2.14. The predicted octanol–water partition coefficient (Wildman–Crippen LogP) is 1.11. The normalized spacial score (nSPS) is 12.1. The summed E-state index contributed by atoms with van der Waals surface area (Å²) in [6, 6.07) is 6.72. The van der Waals surface area contributed by atoms with Crippen molar-refractivity contribution in [1.82, 2.24) is 5.32 Å². The molecule has 5 heteroatoms. The molecule has 2 N–H and O–H groups in total. The van der Waals surface area contributed by atoms with Crippen LogP contribution in [0.5, 0.6) is 0 Å². The first-order valence-electron chi connectivity index (χ1n) is 6.08. The summed E-state index contributed by atoms with van der Waals surface area (Å²) < 4.78 is 4.59. The summed E-state index contributed by atoms with van der Waals surface area (Å²) in [6.45, 7) is 3.86. The Kier molecular flexibility index (Phi) is 5.51. The molecule has 0 aliphatic heterocycles. The molecular weight excluding hydrogens is 246 g/mol. The fraction of sp³-hybridized carbons (Fsp3) is 0.429. The second-order valence-electron chi connectivity index (χ2n) is 4.60. The summed E-state index contributed by atoms with van der Waals surface area (Å²) in [5.74, 6) is -0.917. The molecule has 1 rings (SSSR count). The summed E-state index contributed by atoms with van der Waals surface area (Å²) >= 11 is 0. The average molecular weight is 265 g/mol. The number of hydrogen-bond donors (Lipinski definition) is 2. The van der Waals surface area contributed by atoms with Gasteiger partial charge in [0.15, 0.2) is 0 Å². The number of amides is 1. The summed E-state index contributed by atoms with van der Waals surface area (Å²) in [4.78, 5) is 22.8. The summed E-state index contributed by atoms with van der Waals surface area (Å²) in [5.41, 5.74) is 1.30. The second kappa shape index (κ2) is 6.89. The minimum atomic E-state index is -1.01. The van der Waals surface area contributed by atoms with Crippen molar-refractivity contribution in [2.24, 2.45) is 5.92 Å². The highest BCUT2D eigenvalue weighted by Gasteiger charge is 2.18. The SMILES string of the molecule is COC(=O)c1ccc(CNC(=O)[C@H](O)C(C)C)cc1. The Morgan fingerprint density at radius 3 is 2.32 bits per heavy atom. The number of aliphatic hydroxyl groups is 1. The molecule has 0 spiro atoms. The molecule has 0 bridgehead atoms. The van der Waals surface area contributed by atoms with Crippen molar-refractivity contribution in [3.05, 3.63) is 35.4 Å². The summed E-state index contributed by atoms with van der Waals surface area (Å²) in [6.07, 6.45) is -1.01. The van der Waals surface area contributed by atoms with Crippen LogP contribution in [0.25, 0.3) is 0 Å². The van der Waals surface area contributed by atoms with Gasteiger partial charge in [0.2, 0.25) is 5.91 Å². The highest BCUT2D eigenvalue weighted by molar-refractivity contribution is 5.89. The third-order valence-corrected chi connectivity index (χ3v) is 2.74. The minimum absolute atomic E-state index is 0.123. The zero-order chi connectivity index (χ0) is 14.4. The van der Waals surface area contributed by atoms with E-state index in [9.17, 15) is 14.7 Å². The van der Waals surface area contributed by atoms with Crippen LogP contribution in [-0.4, -0.2) is 30.2 Å². The molecule has 0 aromatic heterocycles. The smallest absolute Gasteiger partial charge is 0.337 e. The van der Waals surface area contributed by atoms with Crippen LogP contribution in [0.1, 0.15) is 29.8 Å². The molecule has 104 valence electrons. The third-order valence-electron chi connectivity index (χ3n) is 2.74. The van der Waals surface area contributed by atoms with Gasteiger partial charge in [0.25, 0.3) is 0 Å². The summed E-state index contributed by atoms with van der Waals surface area (Å²) in [7, 11) is 1.32.